The molecule has 0 bridgehead atoms. The maximum Gasteiger partial charge on any atom is 0.234 e. The molecule has 3 N–H and O–H groups in total. The minimum atomic E-state index is -0.438. The van der Waals surface area contributed by atoms with E-state index in [1.54, 1.807) is 12.0 Å². The molecule has 0 atom stereocenters. The summed E-state index contributed by atoms with van der Waals surface area (Å²) in [5.74, 6) is -0.575. The van der Waals surface area contributed by atoms with Crippen LogP contribution in [-0.2, 0) is 27.5 Å². The second-order valence-electron chi connectivity index (χ2n) is 5.44. The quantitative estimate of drug-likeness (QED) is 0.701. The highest BCUT2D eigenvalue weighted by atomic mass is 16.5. The molecule has 6 heteroatoms. The van der Waals surface area contributed by atoms with Gasteiger partial charge in [0.1, 0.15) is 0 Å². The van der Waals surface area contributed by atoms with Gasteiger partial charge in [0.15, 0.2) is 0 Å². The van der Waals surface area contributed by atoms with Crippen LogP contribution in [0.1, 0.15) is 25.0 Å². The van der Waals surface area contributed by atoms with Crippen molar-refractivity contribution in [3.8, 4) is 0 Å². The molecule has 0 aliphatic carbocycles. The van der Waals surface area contributed by atoms with Gasteiger partial charge in [-0.3, -0.25) is 14.5 Å². The fourth-order valence-corrected chi connectivity index (χ4v) is 2.08. The summed E-state index contributed by atoms with van der Waals surface area (Å²) in [7, 11) is 1.64. The highest BCUT2D eigenvalue weighted by Crippen LogP contribution is 2.09. The van der Waals surface area contributed by atoms with E-state index in [-0.39, 0.29) is 25.0 Å². The Balaban J connectivity index is 2.56. The Morgan fingerprint density at radius 1 is 1.23 bits per heavy atom. The van der Waals surface area contributed by atoms with Gasteiger partial charge in [0.2, 0.25) is 11.8 Å². The number of methoxy groups -OCH3 is 1. The van der Waals surface area contributed by atoms with Crippen molar-refractivity contribution in [1.29, 1.82) is 0 Å². The lowest BCUT2D eigenvalue weighted by Gasteiger charge is -2.24. The smallest absolute Gasteiger partial charge is 0.234 e. The first-order chi connectivity index (χ1) is 10.4. The van der Waals surface area contributed by atoms with E-state index in [1.807, 2.05) is 38.1 Å². The van der Waals surface area contributed by atoms with Crippen molar-refractivity contribution in [2.24, 2.45) is 5.73 Å². The lowest BCUT2D eigenvalue weighted by molar-refractivity contribution is -0.124. The summed E-state index contributed by atoms with van der Waals surface area (Å²) in [6, 6.07) is 7.86. The Labute approximate surface area is 131 Å². The monoisotopic (exact) mass is 307 g/mol. The third-order valence-electron chi connectivity index (χ3n) is 3.33. The minimum absolute atomic E-state index is 0.0685. The first kappa shape index (κ1) is 18.1. The molecule has 6 nitrogen and oxygen atoms in total. The number of carbonyl (C=O) groups is 2. The lowest BCUT2D eigenvalue weighted by atomic mass is 10.1. The molecule has 1 aromatic rings. The first-order valence-electron chi connectivity index (χ1n) is 7.28. The van der Waals surface area contributed by atoms with Crippen LogP contribution < -0.4 is 11.1 Å². The number of nitrogens with zero attached hydrogens (tertiary/aromatic N) is 1. The van der Waals surface area contributed by atoms with Gasteiger partial charge in [-0.1, -0.05) is 24.3 Å². The van der Waals surface area contributed by atoms with Crippen molar-refractivity contribution in [2.45, 2.75) is 33.0 Å². The van der Waals surface area contributed by atoms with Crippen LogP contribution in [0, 0.1) is 0 Å². The molecule has 0 heterocycles. The standard InChI is InChI=1S/C16H25N3O3/c1-12(2)19(9-15(17)20)10-16(21)18-8-13-6-4-5-7-14(13)11-22-3/h4-7,12H,8-11H2,1-3H3,(H2,17,20)(H,18,21). The van der Waals surface area contributed by atoms with Crippen molar-refractivity contribution in [1.82, 2.24) is 10.2 Å². The summed E-state index contributed by atoms with van der Waals surface area (Å²) in [6.07, 6.45) is 0. The molecule has 0 unspecified atom stereocenters. The van der Waals surface area contributed by atoms with Gasteiger partial charge in [-0.15, -0.1) is 0 Å². The van der Waals surface area contributed by atoms with Gasteiger partial charge in [0.05, 0.1) is 19.7 Å². The number of hydrogen-bond acceptors (Lipinski definition) is 4. The van der Waals surface area contributed by atoms with Crippen LogP contribution in [0.3, 0.4) is 0 Å². The van der Waals surface area contributed by atoms with Gasteiger partial charge in [-0.25, -0.2) is 0 Å². The van der Waals surface area contributed by atoms with E-state index in [0.29, 0.717) is 13.2 Å². The maximum absolute atomic E-state index is 12.0. The van der Waals surface area contributed by atoms with Crippen molar-refractivity contribution < 1.29 is 14.3 Å². The summed E-state index contributed by atoms with van der Waals surface area (Å²) in [5.41, 5.74) is 7.26. The second kappa shape index (κ2) is 9.17. The highest BCUT2D eigenvalue weighted by molar-refractivity contribution is 5.80. The van der Waals surface area contributed by atoms with E-state index in [1.165, 1.54) is 0 Å². The summed E-state index contributed by atoms with van der Waals surface area (Å²) in [4.78, 5) is 24.8. The molecule has 1 aromatic carbocycles. The second-order valence-corrected chi connectivity index (χ2v) is 5.44. The molecule has 0 aromatic heterocycles. The number of carbonyl (C=O) groups excluding carboxylic acids is 2. The van der Waals surface area contributed by atoms with Gasteiger partial charge >= 0.3 is 0 Å². The fourth-order valence-electron chi connectivity index (χ4n) is 2.08. The molecule has 0 fully saturated rings. The van der Waals surface area contributed by atoms with Gasteiger partial charge in [0.25, 0.3) is 0 Å². The molecular formula is C16H25N3O3. The lowest BCUT2D eigenvalue weighted by Crippen LogP contribution is -2.44. The Kier molecular flexibility index (Phi) is 7.56. The molecule has 22 heavy (non-hydrogen) atoms. The molecular weight excluding hydrogens is 282 g/mol. The van der Waals surface area contributed by atoms with E-state index in [4.69, 9.17) is 10.5 Å². The number of ether oxygens (including phenoxy) is 1. The van der Waals surface area contributed by atoms with E-state index in [9.17, 15) is 9.59 Å². The molecule has 1 rings (SSSR count). The highest BCUT2D eigenvalue weighted by Gasteiger charge is 2.16. The molecule has 0 spiro atoms. The molecule has 122 valence electrons. The van der Waals surface area contributed by atoms with Crippen molar-refractivity contribution in [3.63, 3.8) is 0 Å². The zero-order valence-corrected chi connectivity index (χ0v) is 13.5. The van der Waals surface area contributed by atoms with Crippen LogP contribution in [0.15, 0.2) is 24.3 Å². The van der Waals surface area contributed by atoms with Crippen LogP contribution in [-0.4, -0.2) is 43.0 Å². The Hall–Kier alpha value is -1.92. The predicted octanol–water partition coefficient (Wildman–Crippen LogP) is 0.645. The third kappa shape index (κ3) is 6.24. The third-order valence-corrected chi connectivity index (χ3v) is 3.33. The number of amides is 2. The van der Waals surface area contributed by atoms with Crippen LogP contribution in [0.4, 0.5) is 0 Å². The molecule has 0 aliphatic heterocycles. The van der Waals surface area contributed by atoms with Crippen molar-refractivity contribution >= 4 is 11.8 Å². The van der Waals surface area contributed by atoms with Gasteiger partial charge in [-0.05, 0) is 25.0 Å². The van der Waals surface area contributed by atoms with E-state index >= 15 is 0 Å². The van der Waals surface area contributed by atoms with E-state index in [2.05, 4.69) is 5.32 Å². The molecule has 0 radical (unpaired) electrons. The minimum Gasteiger partial charge on any atom is -0.380 e. The van der Waals surface area contributed by atoms with E-state index in [0.717, 1.165) is 11.1 Å². The number of nitrogens with two attached hydrogens (primary N) is 1. The van der Waals surface area contributed by atoms with Gasteiger partial charge in [-0.2, -0.15) is 0 Å². The predicted molar refractivity (Wildman–Crippen MR) is 84.9 cm³/mol. The Bertz CT molecular complexity index is 503. The Morgan fingerprint density at radius 2 is 1.86 bits per heavy atom. The summed E-state index contributed by atoms with van der Waals surface area (Å²) in [5, 5.41) is 2.87. The SMILES string of the molecule is COCc1ccccc1CNC(=O)CN(CC(N)=O)C(C)C. The Morgan fingerprint density at radius 3 is 2.41 bits per heavy atom. The molecule has 0 saturated carbocycles. The molecule has 2 amide bonds. The number of benzene rings is 1. The van der Waals surface area contributed by atoms with Crippen LogP contribution in [0.5, 0.6) is 0 Å². The molecule has 0 aliphatic rings. The summed E-state index contributed by atoms with van der Waals surface area (Å²) in [6.45, 7) is 5.00. The van der Waals surface area contributed by atoms with Crippen LogP contribution in [0.25, 0.3) is 0 Å². The number of hydrogen-bond donors (Lipinski definition) is 2. The van der Waals surface area contributed by atoms with Crippen LogP contribution in [0.2, 0.25) is 0 Å². The van der Waals surface area contributed by atoms with Crippen molar-refractivity contribution in [3.05, 3.63) is 35.4 Å². The largest absolute Gasteiger partial charge is 0.380 e. The average Bonchev–Trinajstić information content (AvgIpc) is 2.45. The number of primary amides is 1. The van der Waals surface area contributed by atoms with Gasteiger partial charge in [0, 0.05) is 19.7 Å². The van der Waals surface area contributed by atoms with Crippen molar-refractivity contribution in [2.75, 3.05) is 20.2 Å². The topological polar surface area (TPSA) is 84.7 Å². The normalized spacial score (nSPS) is 11.0. The van der Waals surface area contributed by atoms with E-state index < -0.39 is 5.91 Å². The van der Waals surface area contributed by atoms with Crippen LogP contribution >= 0.6 is 0 Å². The average molecular weight is 307 g/mol. The number of nitrogens with one attached hydrogen (secondary N) is 1. The maximum atomic E-state index is 12.0. The number of rotatable bonds is 9. The summed E-state index contributed by atoms with van der Waals surface area (Å²) >= 11 is 0. The van der Waals surface area contributed by atoms with Gasteiger partial charge < -0.3 is 15.8 Å². The summed E-state index contributed by atoms with van der Waals surface area (Å²) < 4.78 is 5.14. The zero-order valence-electron chi connectivity index (χ0n) is 13.5. The first-order valence-corrected chi connectivity index (χ1v) is 7.28. The zero-order chi connectivity index (χ0) is 16.5. The fraction of sp³-hybridized carbons (Fsp3) is 0.500. The molecule has 0 saturated heterocycles.